The van der Waals surface area contributed by atoms with E-state index in [4.69, 9.17) is 17.3 Å². The number of hydrogen-bond donors (Lipinski definition) is 1. The fourth-order valence-electron chi connectivity index (χ4n) is 2.16. The van der Waals surface area contributed by atoms with Gasteiger partial charge in [-0.1, -0.05) is 11.6 Å². The fourth-order valence-corrected chi connectivity index (χ4v) is 2.36. The second-order valence-electron chi connectivity index (χ2n) is 4.26. The van der Waals surface area contributed by atoms with Crippen LogP contribution in [-0.4, -0.2) is 9.97 Å². The molecule has 0 saturated heterocycles. The predicted molar refractivity (Wildman–Crippen MR) is 68.9 cm³/mol. The van der Waals surface area contributed by atoms with Gasteiger partial charge in [0.05, 0.1) is 5.02 Å². The van der Waals surface area contributed by atoms with Gasteiger partial charge in [0.2, 0.25) is 0 Å². The van der Waals surface area contributed by atoms with Crippen LogP contribution >= 0.6 is 11.6 Å². The standard InChI is InChI=1S/C13H12ClN3/c14-11-5-4-9(15)6-10(11)13-16-7-8-2-1-3-12(8)17-13/h4-7H,1-3,15H2. The van der Waals surface area contributed by atoms with Crippen molar-refractivity contribution in [3.63, 3.8) is 0 Å². The molecule has 2 aromatic rings. The molecule has 0 bridgehead atoms. The highest BCUT2D eigenvalue weighted by Gasteiger charge is 2.15. The van der Waals surface area contributed by atoms with Gasteiger partial charge in [-0.15, -0.1) is 0 Å². The number of nitrogen functional groups attached to an aromatic ring is 1. The SMILES string of the molecule is Nc1ccc(Cl)c(-c2ncc3c(n2)CCC3)c1. The summed E-state index contributed by atoms with van der Waals surface area (Å²) in [6.45, 7) is 0. The third-order valence-electron chi connectivity index (χ3n) is 3.05. The molecule has 3 rings (SSSR count). The van der Waals surface area contributed by atoms with Crippen molar-refractivity contribution < 1.29 is 0 Å². The molecule has 0 amide bonds. The largest absolute Gasteiger partial charge is 0.399 e. The molecule has 1 aliphatic rings. The molecule has 0 radical (unpaired) electrons. The lowest BCUT2D eigenvalue weighted by Gasteiger charge is -2.06. The quantitative estimate of drug-likeness (QED) is 0.786. The number of fused-ring (bicyclic) bond motifs is 1. The molecule has 0 saturated carbocycles. The maximum absolute atomic E-state index is 6.15. The van der Waals surface area contributed by atoms with Crippen molar-refractivity contribution >= 4 is 17.3 Å². The number of anilines is 1. The lowest BCUT2D eigenvalue weighted by molar-refractivity contribution is 0.900. The first-order valence-electron chi connectivity index (χ1n) is 5.64. The van der Waals surface area contributed by atoms with Crippen LogP contribution < -0.4 is 5.73 Å². The van der Waals surface area contributed by atoms with E-state index >= 15 is 0 Å². The molecular weight excluding hydrogens is 234 g/mol. The van der Waals surface area contributed by atoms with Crippen LogP contribution in [0.1, 0.15) is 17.7 Å². The Hall–Kier alpha value is -1.61. The Bertz CT molecular complexity index is 581. The molecule has 2 N–H and O–H groups in total. The number of nitrogens with zero attached hydrogens (tertiary/aromatic N) is 2. The van der Waals surface area contributed by atoms with Crippen LogP contribution in [0.5, 0.6) is 0 Å². The summed E-state index contributed by atoms with van der Waals surface area (Å²) in [4.78, 5) is 8.95. The Balaban J connectivity index is 2.12. The molecular formula is C13H12ClN3. The minimum atomic E-state index is 0.636. The molecule has 3 nitrogen and oxygen atoms in total. The van der Waals surface area contributed by atoms with E-state index in [2.05, 4.69) is 9.97 Å². The van der Waals surface area contributed by atoms with Crippen LogP contribution in [0.2, 0.25) is 5.02 Å². The van der Waals surface area contributed by atoms with Gasteiger partial charge in [-0.3, -0.25) is 0 Å². The number of nitrogens with two attached hydrogens (primary N) is 1. The van der Waals surface area contributed by atoms with Crippen molar-refractivity contribution in [2.24, 2.45) is 0 Å². The van der Waals surface area contributed by atoms with E-state index in [9.17, 15) is 0 Å². The number of halogens is 1. The van der Waals surface area contributed by atoms with Crippen molar-refractivity contribution in [3.8, 4) is 11.4 Å². The molecule has 86 valence electrons. The highest BCUT2D eigenvalue weighted by atomic mass is 35.5. The smallest absolute Gasteiger partial charge is 0.160 e. The van der Waals surface area contributed by atoms with E-state index in [1.807, 2.05) is 12.3 Å². The second-order valence-corrected chi connectivity index (χ2v) is 4.67. The van der Waals surface area contributed by atoms with Crippen LogP contribution in [0, 0.1) is 0 Å². The summed E-state index contributed by atoms with van der Waals surface area (Å²) in [5, 5.41) is 0.636. The maximum atomic E-state index is 6.15. The highest BCUT2D eigenvalue weighted by Crippen LogP contribution is 2.29. The summed E-state index contributed by atoms with van der Waals surface area (Å²) in [5.74, 6) is 0.669. The van der Waals surface area contributed by atoms with Crippen LogP contribution in [0.4, 0.5) is 5.69 Å². The normalized spacial score (nSPS) is 13.7. The van der Waals surface area contributed by atoms with Crippen LogP contribution in [0.3, 0.4) is 0 Å². The minimum Gasteiger partial charge on any atom is -0.399 e. The fraction of sp³-hybridized carbons (Fsp3) is 0.231. The number of aryl methyl sites for hydroxylation is 2. The third-order valence-corrected chi connectivity index (χ3v) is 3.37. The zero-order valence-electron chi connectivity index (χ0n) is 9.28. The molecule has 0 spiro atoms. The van der Waals surface area contributed by atoms with Gasteiger partial charge in [0.1, 0.15) is 0 Å². The topological polar surface area (TPSA) is 51.8 Å². The van der Waals surface area contributed by atoms with Crippen molar-refractivity contribution in [2.75, 3.05) is 5.73 Å². The van der Waals surface area contributed by atoms with Gasteiger partial charge in [0.15, 0.2) is 5.82 Å². The maximum Gasteiger partial charge on any atom is 0.160 e. The molecule has 1 aromatic carbocycles. The van der Waals surface area contributed by atoms with Gasteiger partial charge in [-0.25, -0.2) is 9.97 Å². The molecule has 4 heteroatoms. The molecule has 0 unspecified atom stereocenters. The van der Waals surface area contributed by atoms with Crippen molar-refractivity contribution in [3.05, 3.63) is 40.7 Å². The number of aromatic nitrogens is 2. The van der Waals surface area contributed by atoms with E-state index in [1.165, 1.54) is 5.56 Å². The van der Waals surface area contributed by atoms with Crippen molar-refractivity contribution in [1.82, 2.24) is 9.97 Å². The first-order chi connectivity index (χ1) is 8.24. The molecule has 0 atom stereocenters. The number of hydrogen-bond acceptors (Lipinski definition) is 3. The van der Waals surface area contributed by atoms with Gasteiger partial charge in [0.25, 0.3) is 0 Å². The lowest BCUT2D eigenvalue weighted by atomic mass is 10.1. The summed E-state index contributed by atoms with van der Waals surface area (Å²) in [6, 6.07) is 5.38. The first kappa shape index (κ1) is 10.5. The molecule has 1 aromatic heterocycles. The predicted octanol–water partition coefficient (Wildman–Crippen LogP) is 2.87. The highest BCUT2D eigenvalue weighted by molar-refractivity contribution is 6.33. The third kappa shape index (κ3) is 1.87. The number of benzene rings is 1. The van der Waals surface area contributed by atoms with E-state index in [0.29, 0.717) is 16.5 Å². The Morgan fingerprint density at radius 2 is 2.12 bits per heavy atom. The summed E-state index contributed by atoms with van der Waals surface area (Å²) >= 11 is 6.15. The summed E-state index contributed by atoms with van der Waals surface area (Å²) in [6.07, 6.45) is 5.19. The summed E-state index contributed by atoms with van der Waals surface area (Å²) in [5.41, 5.74) is 9.65. The molecule has 1 heterocycles. The van der Waals surface area contributed by atoms with Gasteiger partial charge in [-0.05, 0) is 43.0 Å². The van der Waals surface area contributed by atoms with Crippen LogP contribution in [0.25, 0.3) is 11.4 Å². The Morgan fingerprint density at radius 1 is 1.24 bits per heavy atom. The summed E-state index contributed by atoms with van der Waals surface area (Å²) in [7, 11) is 0. The van der Waals surface area contributed by atoms with Gasteiger partial charge in [-0.2, -0.15) is 0 Å². The zero-order chi connectivity index (χ0) is 11.8. The molecule has 0 fully saturated rings. The zero-order valence-corrected chi connectivity index (χ0v) is 10.0. The van der Waals surface area contributed by atoms with E-state index < -0.39 is 0 Å². The lowest BCUT2D eigenvalue weighted by Crippen LogP contribution is -1.96. The summed E-state index contributed by atoms with van der Waals surface area (Å²) < 4.78 is 0. The van der Waals surface area contributed by atoms with Crippen molar-refractivity contribution in [2.45, 2.75) is 19.3 Å². The second kappa shape index (κ2) is 4.00. The van der Waals surface area contributed by atoms with Gasteiger partial charge < -0.3 is 5.73 Å². The van der Waals surface area contributed by atoms with Crippen LogP contribution in [-0.2, 0) is 12.8 Å². The Kier molecular flexibility index (Phi) is 2.48. The average molecular weight is 246 g/mol. The van der Waals surface area contributed by atoms with Gasteiger partial charge >= 0.3 is 0 Å². The van der Waals surface area contributed by atoms with E-state index in [1.54, 1.807) is 12.1 Å². The van der Waals surface area contributed by atoms with Gasteiger partial charge in [0, 0.05) is 23.1 Å². The molecule has 17 heavy (non-hydrogen) atoms. The minimum absolute atomic E-state index is 0.636. The van der Waals surface area contributed by atoms with E-state index in [0.717, 1.165) is 30.5 Å². The number of rotatable bonds is 1. The first-order valence-corrected chi connectivity index (χ1v) is 6.02. The molecule has 0 aliphatic heterocycles. The average Bonchev–Trinajstić information content (AvgIpc) is 2.79. The molecule has 1 aliphatic carbocycles. The monoisotopic (exact) mass is 245 g/mol. The Morgan fingerprint density at radius 3 is 3.00 bits per heavy atom. The van der Waals surface area contributed by atoms with Crippen LogP contribution in [0.15, 0.2) is 24.4 Å². The Labute approximate surface area is 105 Å². The van der Waals surface area contributed by atoms with E-state index in [-0.39, 0.29) is 0 Å². The van der Waals surface area contributed by atoms with Crippen molar-refractivity contribution in [1.29, 1.82) is 0 Å².